The molecule has 2 rings (SSSR count). The lowest BCUT2D eigenvalue weighted by Gasteiger charge is -2.20. The summed E-state index contributed by atoms with van der Waals surface area (Å²) in [6.07, 6.45) is 1.81. The van der Waals surface area contributed by atoms with Crippen molar-refractivity contribution in [2.24, 2.45) is 5.92 Å². The first-order valence-electron chi connectivity index (χ1n) is 8.03. The summed E-state index contributed by atoms with van der Waals surface area (Å²) >= 11 is 0. The van der Waals surface area contributed by atoms with Gasteiger partial charge in [-0.05, 0) is 23.0 Å². The third-order valence-corrected chi connectivity index (χ3v) is 5.55. The van der Waals surface area contributed by atoms with Crippen molar-refractivity contribution >= 4 is 21.4 Å². The van der Waals surface area contributed by atoms with Gasteiger partial charge in [-0.2, -0.15) is 0 Å². The molecule has 1 amide bonds. The Balaban J connectivity index is 2.19. The van der Waals surface area contributed by atoms with E-state index in [2.05, 4.69) is 33.0 Å². The van der Waals surface area contributed by atoms with E-state index in [-0.39, 0.29) is 24.0 Å². The Labute approximate surface area is 138 Å². The summed E-state index contributed by atoms with van der Waals surface area (Å²) in [6, 6.07) is 6.09. The van der Waals surface area contributed by atoms with E-state index in [1.165, 1.54) is 5.41 Å². The van der Waals surface area contributed by atoms with Crippen molar-refractivity contribution < 1.29 is 13.2 Å². The van der Waals surface area contributed by atoms with Gasteiger partial charge in [-0.15, -0.1) is 0 Å². The Morgan fingerprint density at radius 2 is 1.74 bits per heavy atom. The predicted molar refractivity (Wildman–Crippen MR) is 94.3 cm³/mol. The molecule has 0 spiro atoms. The van der Waals surface area contributed by atoms with E-state index in [0.717, 1.165) is 16.8 Å². The van der Waals surface area contributed by atoms with Gasteiger partial charge in [0, 0.05) is 23.4 Å². The molecule has 0 unspecified atom stereocenters. The maximum Gasteiger partial charge on any atom is 0.225 e. The molecule has 1 aliphatic heterocycles. The third-order valence-electron chi connectivity index (χ3n) is 4.09. The Morgan fingerprint density at radius 1 is 1.17 bits per heavy atom. The molecule has 1 heterocycles. The summed E-state index contributed by atoms with van der Waals surface area (Å²) in [7, 11) is -3.12. The van der Waals surface area contributed by atoms with E-state index >= 15 is 0 Å². The van der Waals surface area contributed by atoms with Crippen molar-refractivity contribution in [3.05, 3.63) is 40.8 Å². The quantitative estimate of drug-likeness (QED) is 0.889. The average molecular weight is 335 g/mol. The minimum absolute atomic E-state index is 0.0310. The second-order valence-corrected chi connectivity index (χ2v) is 8.72. The zero-order valence-electron chi connectivity index (χ0n) is 14.2. The number of carbonyl (C=O) groups excluding carboxylic acids is 1. The zero-order valence-corrected chi connectivity index (χ0v) is 15.0. The zero-order chi connectivity index (χ0) is 17.2. The van der Waals surface area contributed by atoms with Crippen molar-refractivity contribution in [2.45, 2.75) is 46.0 Å². The number of carbonyl (C=O) groups is 1. The van der Waals surface area contributed by atoms with E-state index in [1.54, 1.807) is 6.08 Å². The van der Waals surface area contributed by atoms with Gasteiger partial charge in [-0.25, -0.2) is 8.42 Å². The van der Waals surface area contributed by atoms with Crippen LogP contribution in [0.15, 0.2) is 29.7 Å². The van der Waals surface area contributed by atoms with Crippen molar-refractivity contribution in [2.75, 3.05) is 11.1 Å². The Bertz CT molecular complexity index is 692. The molecular formula is C18H25NO3S. The summed E-state index contributed by atoms with van der Waals surface area (Å²) in [5.74, 6) is 0.274. The minimum Gasteiger partial charge on any atom is -0.326 e. The molecule has 4 nitrogen and oxygen atoms in total. The molecule has 0 saturated heterocycles. The van der Waals surface area contributed by atoms with Gasteiger partial charge < -0.3 is 5.32 Å². The normalized spacial score (nSPS) is 19.5. The molecule has 1 N–H and O–H groups in total. The maximum atomic E-state index is 12.4. The second kappa shape index (κ2) is 6.87. The van der Waals surface area contributed by atoms with E-state index in [9.17, 15) is 13.2 Å². The minimum atomic E-state index is -3.12. The van der Waals surface area contributed by atoms with Gasteiger partial charge in [-0.1, -0.05) is 52.0 Å². The topological polar surface area (TPSA) is 63.2 Å². The average Bonchev–Trinajstić information content (AvgIpc) is 2.77. The van der Waals surface area contributed by atoms with Crippen LogP contribution in [-0.4, -0.2) is 20.1 Å². The number of nitrogens with one attached hydrogen (secondary N) is 1. The Hall–Kier alpha value is -1.62. The Kier molecular flexibility index (Phi) is 5.30. The van der Waals surface area contributed by atoms with Gasteiger partial charge in [0.2, 0.25) is 5.91 Å². The fourth-order valence-corrected chi connectivity index (χ4v) is 4.29. The standard InChI is InChI=1S/C18H25NO3S/c1-12(2)15-6-5-7-16(13(3)4)18(15)19-17(20)10-14-8-9-23(21,22)11-14/h5-9,12-14H,10-11H2,1-4H3,(H,19,20)/t14-/m0/s1. The van der Waals surface area contributed by atoms with Crippen molar-refractivity contribution in [3.8, 4) is 0 Å². The van der Waals surface area contributed by atoms with Gasteiger partial charge in [0.1, 0.15) is 0 Å². The molecule has 0 radical (unpaired) electrons. The lowest BCUT2D eigenvalue weighted by Crippen LogP contribution is -2.19. The number of hydrogen-bond acceptors (Lipinski definition) is 3. The molecule has 5 heteroatoms. The van der Waals surface area contributed by atoms with Gasteiger partial charge in [-0.3, -0.25) is 4.79 Å². The van der Waals surface area contributed by atoms with Gasteiger partial charge in [0.15, 0.2) is 9.84 Å². The molecule has 0 fully saturated rings. The first-order valence-corrected chi connectivity index (χ1v) is 9.74. The van der Waals surface area contributed by atoms with Gasteiger partial charge in [0.25, 0.3) is 0 Å². The van der Waals surface area contributed by atoms with Crippen LogP contribution < -0.4 is 5.32 Å². The van der Waals surface area contributed by atoms with Gasteiger partial charge in [0.05, 0.1) is 5.75 Å². The van der Waals surface area contributed by atoms with Crippen LogP contribution in [0.25, 0.3) is 0 Å². The van der Waals surface area contributed by atoms with Crippen LogP contribution in [0.5, 0.6) is 0 Å². The number of sulfone groups is 1. The number of anilines is 1. The third kappa shape index (κ3) is 4.44. The first-order chi connectivity index (χ1) is 10.7. The molecule has 1 atom stereocenters. The molecule has 0 saturated carbocycles. The summed E-state index contributed by atoms with van der Waals surface area (Å²) < 4.78 is 22.9. The fourth-order valence-electron chi connectivity index (χ4n) is 2.89. The molecular weight excluding hydrogens is 310 g/mol. The number of benzene rings is 1. The number of amides is 1. The van der Waals surface area contributed by atoms with Crippen LogP contribution in [0.2, 0.25) is 0 Å². The van der Waals surface area contributed by atoms with Crippen molar-refractivity contribution in [1.82, 2.24) is 0 Å². The number of para-hydroxylation sites is 1. The fraction of sp³-hybridized carbons (Fsp3) is 0.500. The highest BCUT2D eigenvalue weighted by molar-refractivity contribution is 7.94. The van der Waals surface area contributed by atoms with Crippen LogP contribution in [0, 0.1) is 5.92 Å². The molecule has 0 bridgehead atoms. The largest absolute Gasteiger partial charge is 0.326 e. The van der Waals surface area contributed by atoms with Gasteiger partial charge >= 0.3 is 0 Å². The Morgan fingerprint density at radius 3 is 2.17 bits per heavy atom. The highest BCUT2D eigenvalue weighted by Crippen LogP contribution is 2.32. The SMILES string of the molecule is CC(C)c1cccc(C(C)C)c1NC(=O)C[C@@H]1C=CS(=O)(=O)C1. The number of rotatable bonds is 5. The molecule has 126 valence electrons. The van der Waals surface area contributed by atoms with E-state index in [0.29, 0.717) is 11.8 Å². The van der Waals surface area contributed by atoms with Crippen LogP contribution in [-0.2, 0) is 14.6 Å². The molecule has 1 aromatic rings. The summed E-state index contributed by atoms with van der Waals surface area (Å²) in [5, 5.41) is 4.24. The predicted octanol–water partition coefficient (Wildman–Crippen LogP) is 3.82. The smallest absolute Gasteiger partial charge is 0.225 e. The number of hydrogen-bond donors (Lipinski definition) is 1. The molecule has 0 aliphatic carbocycles. The maximum absolute atomic E-state index is 12.4. The monoisotopic (exact) mass is 335 g/mol. The van der Waals surface area contributed by atoms with E-state index in [1.807, 2.05) is 18.2 Å². The first kappa shape index (κ1) is 17.7. The van der Waals surface area contributed by atoms with Crippen LogP contribution in [0.3, 0.4) is 0 Å². The second-order valence-electron chi connectivity index (χ2n) is 6.79. The summed E-state index contributed by atoms with van der Waals surface area (Å²) in [4.78, 5) is 12.4. The molecule has 0 aromatic heterocycles. The number of allylic oxidation sites excluding steroid dienone is 1. The molecule has 1 aromatic carbocycles. The van der Waals surface area contributed by atoms with E-state index < -0.39 is 9.84 Å². The van der Waals surface area contributed by atoms with Crippen LogP contribution in [0.4, 0.5) is 5.69 Å². The molecule has 23 heavy (non-hydrogen) atoms. The lowest BCUT2D eigenvalue weighted by molar-refractivity contribution is -0.116. The summed E-state index contributed by atoms with van der Waals surface area (Å²) in [5.41, 5.74) is 3.10. The van der Waals surface area contributed by atoms with Crippen LogP contribution >= 0.6 is 0 Å². The van der Waals surface area contributed by atoms with E-state index in [4.69, 9.17) is 0 Å². The molecule has 1 aliphatic rings. The summed E-state index contributed by atoms with van der Waals surface area (Å²) in [6.45, 7) is 8.39. The lowest BCUT2D eigenvalue weighted by atomic mass is 9.92. The van der Waals surface area contributed by atoms with Crippen molar-refractivity contribution in [1.29, 1.82) is 0 Å². The van der Waals surface area contributed by atoms with Crippen molar-refractivity contribution in [3.63, 3.8) is 0 Å². The van der Waals surface area contributed by atoms with Crippen LogP contribution in [0.1, 0.15) is 57.1 Å². The highest BCUT2D eigenvalue weighted by atomic mass is 32.2. The highest BCUT2D eigenvalue weighted by Gasteiger charge is 2.24.